The predicted molar refractivity (Wildman–Crippen MR) is 122 cm³/mol. The van der Waals surface area contributed by atoms with E-state index in [0.29, 0.717) is 30.1 Å². The number of benzene rings is 2. The number of nitrogens with zero attached hydrogens (tertiary/aromatic N) is 2. The number of amides is 1. The molecule has 2 N–H and O–H groups in total. The van der Waals surface area contributed by atoms with Gasteiger partial charge < -0.3 is 19.9 Å². The number of carbonyl (C=O) groups is 2. The second-order valence-corrected chi connectivity index (χ2v) is 9.23. The van der Waals surface area contributed by atoms with Crippen molar-refractivity contribution in [3.63, 3.8) is 0 Å². The Morgan fingerprint density at radius 2 is 1.75 bits per heavy atom. The molecule has 8 nitrogen and oxygen atoms in total. The monoisotopic (exact) mass is 511 g/mol. The molecular weight excluding hydrogens is 486 g/mol. The van der Waals surface area contributed by atoms with E-state index in [1.54, 1.807) is 20.8 Å². The van der Waals surface area contributed by atoms with Gasteiger partial charge >= 0.3 is 6.09 Å². The molecule has 0 spiro atoms. The van der Waals surface area contributed by atoms with Crippen LogP contribution in [0.2, 0.25) is 0 Å². The quantitative estimate of drug-likeness (QED) is 0.423. The molecule has 1 atom stereocenters. The number of alkyl halides is 2. The lowest BCUT2D eigenvalue weighted by molar-refractivity contribution is -0.118. The van der Waals surface area contributed by atoms with Gasteiger partial charge in [-0.2, -0.15) is 0 Å². The summed E-state index contributed by atoms with van der Waals surface area (Å²) in [5, 5.41) is 12.7. The largest absolute Gasteiger partial charge is 0.487 e. The summed E-state index contributed by atoms with van der Waals surface area (Å²) in [5.74, 6) is -6.96. The van der Waals surface area contributed by atoms with Crippen LogP contribution in [0.3, 0.4) is 0 Å². The predicted octanol–water partition coefficient (Wildman–Crippen LogP) is 5.19. The number of fused-ring (bicyclic) bond motifs is 1. The molecule has 0 aliphatic rings. The van der Waals surface area contributed by atoms with Crippen LogP contribution in [0.5, 0.6) is 5.75 Å². The van der Waals surface area contributed by atoms with Gasteiger partial charge in [0.15, 0.2) is 6.61 Å². The van der Waals surface area contributed by atoms with Crippen LogP contribution in [-0.2, 0) is 9.53 Å². The summed E-state index contributed by atoms with van der Waals surface area (Å²) in [6, 6.07) is 5.78. The SMILES string of the molecule is CC(F)(F)COc1cc(F)c(C(O)CC(=O)Nc2ccc3c(c2)ncn3C(=O)OC(C)(C)C)c(F)c1. The summed E-state index contributed by atoms with van der Waals surface area (Å²) in [6.45, 7) is 4.66. The van der Waals surface area contributed by atoms with E-state index in [2.05, 4.69) is 15.0 Å². The van der Waals surface area contributed by atoms with Gasteiger partial charge in [-0.05, 0) is 39.0 Å². The van der Waals surface area contributed by atoms with Gasteiger partial charge in [-0.15, -0.1) is 0 Å². The van der Waals surface area contributed by atoms with E-state index in [-0.39, 0.29) is 5.69 Å². The minimum absolute atomic E-state index is 0.263. The molecular formula is C24H25F4N3O5. The second-order valence-electron chi connectivity index (χ2n) is 9.23. The number of aliphatic hydroxyl groups excluding tert-OH is 1. The first kappa shape index (κ1) is 26.9. The number of nitrogens with one attached hydrogen (secondary N) is 1. The highest BCUT2D eigenvalue weighted by molar-refractivity contribution is 5.94. The molecule has 0 aliphatic heterocycles. The molecule has 1 amide bonds. The number of hydrogen-bond donors (Lipinski definition) is 2. The van der Waals surface area contributed by atoms with E-state index in [1.165, 1.54) is 29.1 Å². The summed E-state index contributed by atoms with van der Waals surface area (Å²) in [4.78, 5) is 28.8. The Hall–Kier alpha value is -3.67. The summed E-state index contributed by atoms with van der Waals surface area (Å²) >= 11 is 0. The van der Waals surface area contributed by atoms with Crippen molar-refractivity contribution in [3.8, 4) is 5.75 Å². The number of aromatic nitrogens is 2. The maximum atomic E-state index is 14.4. The Morgan fingerprint density at radius 3 is 2.33 bits per heavy atom. The highest BCUT2D eigenvalue weighted by Gasteiger charge is 2.25. The van der Waals surface area contributed by atoms with Crippen molar-refractivity contribution >= 4 is 28.7 Å². The summed E-state index contributed by atoms with van der Waals surface area (Å²) in [6.07, 6.45) is -1.92. The fourth-order valence-electron chi connectivity index (χ4n) is 3.21. The van der Waals surface area contributed by atoms with Crippen LogP contribution in [0.15, 0.2) is 36.7 Å². The van der Waals surface area contributed by atoms with Crippen LogP contribution in [-0.4, -0.2) is 44.8 Å². The third kappa shape index (κ3) is 6.94. The minimum atomic E-state index is -3.21. The van der Waals surface area contributed by atoms with Gasteiger partial charge in [-0.1, -0.05) is 0 Å². The molecule has 0 aliphatic carbocycles. The summed E-state index contributed by atoms with van der Waals surface area (Å²) < 4.78 is 65.7. The molecule has 1 aromatic heterocycles. The average molecular weight is 511 g/mol. The normalized spacial score (nSPS) is 12.9. The first-order chi connectivity index (χ1) is 16.6. The van der Waals surface area contributed by atoms with Gasteiger partial charge in [0.05, 0.1) is 29.1 Å². The number of ether oxygens (including phenoxy) is 2. The third-order valence-electron chi connectivity index (χ3n) is 4.68. The van der Waals surface area contributed by atoms with Crippen molar-refractivity contribution in [2.24, 2.45) is 0 Å². The van der Waals surface area contributed by atoms with Crippen molar-refractivity contribution in [3.05, 3.63) is 53.9 Å². The number of rotatable bonds is 7. The molecule has 3 rings (SSSR count). The zero-order valence-corrected chi connectivity index (χ0v) is 19.9. The van der Waals surface area contributed by atoms with Crippen molar-refractivity contribution < 1.29 is 41.7 Å². The smallest absolute Gasteiger partial charge is 0.420 e. The molecule has 1 heterocycles. The molecule has 0 saturated heterocycles. The molecule has 0 fully saturated rings. The van der Waals surface area contributed by atoms with Crippen LogP contribution in [0.25, 0.3) is 11.0 Å². The van der Waals surface area contributed by atoms with E-state index in [9.17, 15) is 32.3 Å². The lowest BCUT2D eigenvalue weighted by atomic mass is 10.0. The van der Waals surface area contributed by atoms with Crippen molar-refractivity contribution in [1.82, 2.24) is 9.55 Å². The molecule has 2 aromatic carbocycles. The number of aliphatic hydroxyl groups is 1. The van der Waals surface area contributed by atoms with Crippen LogP contribution < -0.4 is 10.1 Å². The van der Waals surface area contributed by atoms with E-state index in [0.717, 1.165) is 0 Å². The van der Waals surface area contributed by atoms with Crippen molar-refractivity contribution in [1.29, 1.82) is 0 Å². The molecule has 1 unspecified atom stereocenters. The Balaban J connectivity index is 1.68. The second kappa shape index (κ2) is 10.1. The van der Waals surface area contributed by atoms with E-state index < -0.39 is 65.6 Å². The van der Waals surface area contributed by atoms with Crippen LogP contribution >= 0.6 is 0 Å². The number of carbonyl (C=O) groups excluding carboxylic acids is 2. The number of imidazole rings is 1. The summed E-state index contributed by atoms with van der Waals surface area (Å²) in [5.41, 5.74) is -0.454. The lowest BCUT2D eigenvalue weighted by Crippen LogP contribution is -2.26. The number of anilines is 1. The average Bonchev–Trinajstić information content (AvgIpc) is 3.13. The Labute approximate surface area is 203 Å². The van der Waals surface area contributed by atoms with Crippen molar-refractivity contribution in [2.75, 3.05) is 11.9 Å². The van der Waals surface area contributed by atoms with E-state index in [4.69, 9.17) is 4.74 Å². The first-order valence-electron chi connectivity index (χ1n) is 10.8. The maximum Gasteiger partial charge on any atom is 0.420 e. The van der Waals surface area contributed by atoms with Crippen molar-refractivity contribution in [2.45, 2.75) is 51.7 Å². The zero-order valence-electron chi connectivity index (χ0n) is 19.9. The van der Waals surface area contributed by atoms with Gasteiger partial charge in [0.2, 0.25) is 5.91 Å². The first-order valence-corrected chi connectivity index (χ1v) is 10.8. The van der Waals surface area contributed by atoms with E-state index >= 15 is 0 Å². The lowest BCUT2D eigenvalue weighted by Gasteiger charge is -2.19. The van der Waals surface area contributed by atoms with Crippen LogP contribution in [0, 0.1) is 11.6 Å². The van der Waals surface area contributed by atoms with Gasteiger partial charge in [0.25, 0.3) is 5.92 Å². The molecule has 0 bridgehead atoms. The van der Waals surface area contributed by atoms with Gasteiger partial charge in [-0.3, -0.25) is 4.79 Å². The molecule has 12 heteroatoms. The van der Waals surface area contributed by atoms with Gasteiger partial charge in [0.1, 0.15) is 29.3 Å². The molecule has 36 heavy (non-hydrogen) atoms. The van der Waals surface area contributed by atoms with Gasteiger partial charge in [-0.25, -0.2) is 31.9 Å². The topological polar surface area (TPSA) is 103 Å². The Bertz CT molecular complexity index is 1260. The van der Waals surface area contributed by atoms with Crippen LogP contribution in [0.1, 0.15) is 45.8 Å². The Kier molecular flexibility index (Phi) is 7.58. The van der Waals surface area contributed by atoms with Gasteiger partial charge in [0, 0.05) is 24.7 Å². The Morgan fingerprint density at radius 1 is 1.11 bits per heavy atom. The third-order valence-corrected chi connectivity index (χ3v) is 4.68. The number of hydrogen-bond acceptors (Lipinski definition) is 6. The highest BCUT2D eigenvalue weighted by atomic mass is 19.3. The summed E-state index contributed by atoms with van der Waals surface area (Å²) in [7, 11) is 0. The molecule has 3 aromatic rings. The highest BCUT2D eigenvalue weighted by Crippen LogP contribution is 2.29. The zero-order chi connectivity index (χ0) is 26.8. The van der Waals surface area contributed by atoms with Crippen LogP contribution in [0.4, 0.5) is 28.0 Å². The minimum Gasteiger partial charge on any atom is -0.487 e. The maximum absolute atomic E-state index is 14.4. The molecule has 0 radical (unpaired) electrons. The molecule has 0 saturated carbocycles. The molecule has 194 valence electrons. The van der Waals surface area contributed by atoms with E-state index in [1.807, 2.05) is 0 Å². The number of halogens is 4. The standard InChI is InChI=1S/C24H25F4N3O5/c1-23(2,3)36-22(34)31-12-29-17-7-13(5-6-18(17)31)30-20(33)10-19(32)21-15(25)8-14(9-16(21)26)35-11-24(4,27)28/h5-9,12,19,32H,10-11H2,1-4H3,(H,30,33). The fourth-order valence-corrected chi connectivity index (χ4v) is 3.21. The fraction of sp³-hybridized carbons (Fsp3) is 0.375.